The number of carbonyl (C=O) groups excluding carboxylic acids is 1. The number of carboxylic acids is 1. The maximum absolute atomic E-state index is 11.9. The number of carboxylic acid groups (broad SMARTS) is 1. The summed E-state index contributed by atoms with van der Waals surface area (Å²) in [5.41, 5.74) is -1.13. The van der Waals surface area contributed by atoms with Crippen LogP contribution in [0.2, 0.25) is 0 Å². The van der Waals surface area contributed by atoms with E-state index in [1.807, 2.05) is 6.92 Å². The summed E-state index contributed by atoms with van der Waals surface area (Å²) < 4.78 is 0. The van der Waals surface area contributed by atoms with E-state index < -0.39 is 11.5 Å². The molecule has 2 unspecified atom stereocenters. The molecule has 0 bridgehead atoms. The summed E-state index contributed by atoms with van der Waals surface area (Å²) in [6.45, 7) is 5.36. The van der Waals surface area contributed by atoms with Gasteiger partial charge in [-0.2, -0.15) is 0 Å². The van der Waals surface area contributed by atoms with Gasteiger partial charge in [0, 0.05) is 6.42 Å². The van der Waals surface area contributed by atoms with Crippen molar-refractivity contribution in [2.45, 2.75) is 51.5 Å². The van der Waals surface area contributed by atoms with Gasteiger partial charge >= 0.3 is 5.97 Å². The second-order valence-corrected chi connectivity index (χ2v) is 5.35. The second-order valence-electron chi connectivity index (χ2n) is 5.35. The molecule has 0 saturated carbocycles. The molecule has 1 fully saturated rings. The van der Waals surface area contributed by atoms with Gasteiger partial charge in [-0.15, -0.1) is 0 Å². The molecule has 1 saturated heterocycles. The van der Waals surface area contributed by atoms with Crippen LogP contribution in [-0.4, -0.2) is 35.6 Å². The summed E-state index contributed by atoms with van der Waals surface area (Å²) in [5, 5.41) is 15.1. The molecule has 2 atom stereocenters. The fraction of sp³-hybridized carbons (Fsp3) is 0.846. The Morgan fingerprint density at radius 1 is 1.50 bits per heavy atom. The van der Waals surface area contributed by atoms with Gasteiger partial charge in [-0.1, -0.05) is 13.3 Å². The highest BCUT2D eigenvalue weighted by molar-refractivity contribution is 5.86. The molecular weight excluding hydrogens is 232 g/mol. The largest absolute Gasteiger partial charge is 0.480 e. The lowest BCUT2D eigenvalue weighted by molar-refractivity contribution is -0.147. The molecule has 0 aromatic carbocycles. The number of carbonyl (C=O) groups is 2. The standard InChI is InChI=1S/C13H24N2O3/c1-3-6-13(2,12(17)18)15-11(16)8-10-5-4-7-14-9-10/h10,14H,3-9H2,1-2H3,(H,15,16)(H,17,18). The average Bonchev–Trinajstić information content (AvgIpc) is 2.30. The van der Waals surface area contributed by atoms with Crippen LogP contribution in [0.25, 0.3) is 0 Å². The Morgan fingerprint density at radius 3 is 2.72 bits per heavy atom. The van der Waals surface area contributed by atoms with E-state index in [1.54, 1.807) is 6.92 Å². The molecule has 0 spiro atoms. The lowest BCUT2D eigenvalue weighted by Crippen LogP contribution is -2.52. The van der Waals surface area contributed by atoms with Crippen LogP contribution in [0.1, 0.15) is 46.0 Å². The van der Waals surface area contributed by atoms with Gasteiger partial charge in [-0.05, 0) is 45.2 Å². The number of nitrogens with one attached hydrogen (secondary N) is 2. The molecule has 0 aromatic rings. The minimum atomic E-state index is -1.13. The van der Waals surface area contributed by atoms with Gasteiger partial charge in [-0.25, -0.2) is 4.79 Å². The minimum Gasteiger partial charge on any atom is -0.480 e. The van der Waals surface area contributed by atoms with Gasteiger partial charge in [0.2, 0.25) is 5.91 Å². The van der Waals surface area contributed by atoms with Crippen LogP contribution in [0.4, 0.5) is 0 Å². The summed E-state index contributed by atoms with van der Waals surface area (Å²) in [6.07, 6.45) is 3.73. The number of aliphatic carboxylic acids is 1. The lowest BCUT2D eigenvalue weighted by atomic mass is 9.93. The minimum absolute atomic E-state index is 0.151. The number of rotatable bonds is 6. The third-order valence-corrected chi connectivity index (χ3v) is 3.51. The lowest BCUT2D eigenvalue weighted by Gasteiger charge is -2.28. The fourth-order valence-corrected chi connectivity index (χ4v) is 2.44. The predicted molar refractivity (Wildman–Crippen MR) is 69.3 cm³/mol. The maximum Gasteiger partial charge on any atom is 0.329 e. The molecule has 0 aromatic heterocycles. The average molecular weight is 256 g/mol. The molecule has 1 rings (SSSR count). The first kappa shape index (κ1) is 15.0. The summed E-state index contributed by atoms with van der Waals surface area (Å²) in [5.74, 6) is -0.778. The molecule has 3 N–H and O–H groups in total. The van der Waals surface area contributed by atoms with Crippen LogP contribution >= 0.6 is 0 Å². The van der Waals surface area contributed by atoms with Crippen LogP contribution in [0.15, 0.2) is 0 Å². The zero-order chi connectivity index (χ0) is 13.6. The monoisotopic (exact) mass is 256 g/mol. The molecule has 5 heteroatoms. The maximum atomic E-state index is 11.9. The molecule has 1 aliphatic rings. The van der Waals surface area contributed by atoms with Crippen molar-refractivity contribution in [3.63, 3.8) is 0 Å². The second kappa shape index (κ2) is 6.73. The topological polar surface area (TPSA) is 78.4 Å². The Hall–Kier alpha value is -1.10. The third kappa shape index (κ3) is 4.29. The molecule has 0 radical (unpaired) electrons. The number of hydrogen-bond donors (Lipinski definition) is 3. The van der Waals surface area contributed by atoms with Crippen molar-refractivity contribution in [1.82, 2.24) is 10.6 Å². The number of hydrogen-bond acceptors (Lipinski definition) is 3. The highest BCUT2D eigenvalue weighted by Crippen LogP contribution is 2.17. The van der Waals surface area contributed by atoms with Gasteiger partial charge in [0.05, 0.1) is 0 Å². The molecule has 5 nitrogen and oxygen atoms in total. The third-order valence-electron chi connectivity index (χ3n) is 3.51. The fourth-order valence-electron chi connectivity index (χ4n) is 2.44. The van der Waals surface area contributed by atoms with Crippen LogP contribution in [0, 0.1) is 5.92 Å². The molecule has 1 heterocycles. The van der Waals surface area contributed by atoms with Crippen molar-refractivity contribution in [3.8, 4) is 0 Å². The van der Waals surface area contributed by atoms with Gasteiger partial charge in [-0.3, -0.25) is 4.79 Å². The van der Waals surface area contributed by atoms with E-state index in [2.05, 4.69) is 10.6 Å². The number of piperidine rings is 1. The highest BCUT2D eigenvalue weighted by Gasteiger charge is 2.34. The van der Waals surface area contributed by atoms with Gasteiger partial charge in [0.25, 0.3) is 0 Å². The summed E-state index contributed by atoms with van der Waals surface area (Å²) in [7, 11) is 0. The molecular formula is C13H24N2O3. The Bertz CT molecular complexity index is 301. The summed E-state index contributed by atoms with van der Waals surface area (Å²) >= 11 is 0. The van der Waals surface area contributed by atoms with Crippen LogP contribution in [0.3, 0.4) is 0 Å². The zero-order valence-electron chi connectivity index (χ0n) is 11.3. The molecule has 0 aliphatic carbocycles. The van der Waals surface area contributed by atoms with Crippen molar-refractivity contribution >= 4 is 11.9 Å². The van der Waals surface area contributed by atoms with Crippen LogP contribution < -0.4 is 10.6 Å². The summed E-state index contributed by atoms with van der Waals surface area (Å²) in [6, 6.07) is 0. The molecule has 104 valence electrons. The Balaban J connectivity index is 2.48. The van der Waals surface area contributed by atoms with Gasteiger partial charge in [0.1, 0.15) is 5.54 Å². The van der Waals surface area contributed by atoms with Crippen molar-refractivity contribution in [2.24, 2.45) is 5.92 Å². The smallest absolute Gasteiger partial charge is 0.329 e. The van der Waals surface area contributed by atoms with Crippen molar-refractivity contribution in [2.75, 3.05) is 13.1 Å². The Kier molecular flexibility index (Phi) is 5.59. The SMILES string of the molecule is CCCC(C)(NC(=O)CC1CCCNC1)C(=O)O. The van der Waals surface area contributed by atoms with Crippen molar-refractivity contribution < 1.29 is 14.7 Å². The first-order chi connectivity index (χ1) is 8.48. The van der Waals surface area contributed by atoms with Crippen molar-refractivity contribution in [3.05, 3.63) is 0 Å². The van der Waals surface area contributed by atoms with E-state index in [0.29, 0.717) is 18.8 Å². The molecule has 1 aliphatic heterocycles. The predicted octanol–water partition coefficient (Wildman–Crippen LogP) is 1.14. The normalized spacial score (nSPS) is 23.1. The van der Waals surface area contributed by atoms with E-state index in [-0.39, 0.29) is 5.91 Å². The zero-order valence-corrected chi connectivity index (χ0v) is 11.3. The van der Waals surface area contributed by atoms with E-state index >= 15 is 0 Å². The van der Waals surface area contributed by atoms with E-state index in [9.17, 15) is 14.7 Å². The molecule has 18 heavy (non-hydrogen) atoms. The summed E-state index contributed by atoms with van der Waals surface area (Å²) in [4.78, 5) is 23.1. The highest BCUT2D eigenvalue weighted by atomic mass is 16.4. The van der Waals surface area contributed by atoms with E-state index in [1.165, 1.54) is 0 Å². The van der Waals surface area contributed by atoms with Gasteiger partial charge < -0.3 is 15.7 Å². The Morgan fingerprint density at radius 2 is 2.22 bits per heavy atom. The van der Waals surface area contributed by atoms with Crippen LogP contribution in [-0.2, 0) is 9.59 Å². The number of amides is 1. The Labute approximate surface area is 108 Å². The van der Waals surface area contributed by atoms with E-state index in [0.717, 1.165) is 32.4 Å². The first-order valence-electron chi connectivity index (χ1n) is 6.73. The quantitative estimate of drug-likeness (QED) is 0.666. The first-order valence-corrected chi connectivity index (χ1v) is 6.73. The molecule has 1 amide bonds. The van der Waals surface area contributed by atoms with E-state index in [4.69, 9.17) is 0 Å². The van der Waals surface area contributed by atoms with Gasteiger partial charge in [0.15, 0.2) is 0 Å². The van der Waals surface area contributed by atoms with Crippen LogP contribution in [0.5, 0.6) is 0 Å². The van der Waals surface area contributed by atoms with Crippen molar-refractivity contribution in [1.29, 1.82) is 0 Å².